The largest absolute Gasteiger partial charge is 0.338 e. The summed E-state index contributed by atoms with van der Waals surface area (Å²) in [5.41, 5.74) is 0.852. The van der Waals surface area contributed by atoms with Gasteiger partial charge in [0.15, 0.2) is 4.96 Å². The molecule has 3 aromatic heterocycles. The van der Waals surface area contributed by atoms with E-state index in [1.165, 1.54) is 6.42 Å². The van der Waals surface area contributed by atoms with Crippen molar-refractivity contribution in [3.05, 3.63) is 41.9 Å². The Balaban J connectivity index is 1.47. The van der Waals surface area contributed by atoms with Gasteiger partial charge in [0, 0.05) is 36.7 Å². The van der Waals surface area contributed by atoms with Crippen molar-refractivity contribution >= 4 is 22.2 Å². The molecule has 1 saturated heterocycles. The summed E-state index contributed by atoms with van der Waals surface area (Å²) in [6.45, 7) is 1.62. The highest BCUT2D eigenvalue weighted by molar-refractivity contribution is 7.15. The molecule has 1 aliphatic rings. The number of piperidine rings is 1. The normalized spacial score (nSPS) is 18.6. The number of thiazole rings is 1. The van der Waals surface area contributed by atoms with Gasteiger partial charge < -0.3 is 4.90 Å². The predicted octanol–water partition coefficient (Wildman–Crippen LogP) is 2.22. The van der Waals surface area contributed by atoms with Crippen LogP contribution in [0.5, 0.6) is 0 Å². The van der Waals surface area contributed by atoms with Crippen LogP contribution in [0.4, 0.5) is 0 Å². The first-order chi connectivity index (χ1) is 11.3. The Bertz CT molecular complexity index is 762. The molecular formula is C16H19N5OS. The van der Waals surface area contributed by atoms with Crippen LogP contribution in [0.15, 0.2) is 36.2 Å². The molecule has 1 fully saturated rings. The van der Waals surface area contributed by atoms with Crippen molar-refractivity contribution in [1.29, 1.82) is 0 Å². The predicted molar refractivity (Wildman–Crippen MR) is 88.4 cm³/mol. The third-order valence-corrected chi connectivity index (χ3v) is 5.15. The highest BCUT2D eigenvalue weighted by atomic mass is 32.1. The number of aromatic nitrogens is 4. The summed E-state index contributed by atoms with van der Waals surface area (Å²) in [4.78, 5) is 20.3. The Morgan fingerprint density at radius 2 is 2.30 bits per heavy atom. The summed E-state index contributed by atoms with van der Waals surface area (Å²) in [6.07, 6.45) is 11.4. The Kier molecular flexibility index (Phi) is 3.87. The number of imidazole rings is 1. The van der Waals surface area contributed by atoms with E-state index in [9.17, 15) is 4.79 Å². The van der Waals surface area contributed by atoms with E-state index in [1.807, 2.05) is 44.0 Å². The van der Waals surface area contributed by atoms with E-state index >= 15 is 0 Å². The highest BCUT2D eigenvalue weighted by Crippen LogP contribution is 2.20. The maximum Gasteiger partial charge on any atom is 0.228 e. The first-order valence-electron chi connectivity index (χ1n) is 7.97. The van der Waals surface area contributed by atoms with Crippen LogP contribution < -0.4 is 0 Å². The van der Waals surface area contributed by atoms with Gasteiger partial charge in [-0.05, 0) is 25.3 Å². The fraction of sp³-hybridized carbons (Fsp3) is 0.438. The summed E-state index contributed by atoms with van der Waals surface area (Å²) in [5, 5.41) is 6.27. The average molecular weight is 329 g/mol. The number of hydrogen-bond acceptors (Lipinski definition) is 4. The molecular weight excluding hydrogens is 310 g/mol. The van der Waals surface area contributed by atoms with Gasteiger partial charge in [0.05, 0.1) is 24.7 Å². The molecule has 1 unspecified atom stereocenters. The van der Waals surface area contributed by atoms with E-state index in [2.05, 4.69) is 10.1 Å². The van der Waals surface area contributed by atoms with Gasteiger partial charge >= 0.3 is 0 Å². The van der Waals surface area contributed by atoms with Crippen molar-refractivity contribution in [3.8, 4) is 0 Å². The third-order valence-electron chi connectivity index (χ3n) is 4.38. The Morgan fingerprint density at radius 3 is 3.13 bits per heavy atom. The lowest BCUT2D eigenvalue weighted by Gasteiger charge is -2.35. The van der Waals surface area contributed by atoms with E-state index in [4.69, 9.17) is 0 Å². The third kappa shape index (κ3) is 3.01. The van der Waals surface area contributed by atoms with Crippen LogP contribution in [0, 0.1) is 0 Å². The Morgan fingerprint density at radius 1 is 1.35 bits per heavy atom. The number of carbonyl (C=O) groups is 1. The molecule has 0 N–H and O–H groups in total. The van der Waals surface area contributed by atoms with Gasteiger partial charge in [-0.2, -0.15) is 5.10 Å². The lowest BCUT2D eigenvalue weighted by Crippen LogP contribution is -2.46. The summed E-state index contributed by atoms with van der Waals surface area (Å²) in [6, 6.07) is 2.16. The zero-order valence-electron chi connectivity index (χ0n) is 12.8. The molecule has 4 rings (SSSR count). The Labute approximate surface area is 138 Å². The molecule has 1 aliphatic heterocycles. The van der Waals surface area contributed by atoms with Crippen LogP contribution in [-0.2, 0) is 17.8 Å². The van der Waals surface area contributed by atoms with Gasteiger partial charge in [-0.3, -0.25) is 13.9 Å². The molecule has 1 atom stereocenters. The summed E-state index contributed by atoms with van der Waals surface area (Å²) < 4.78 is 3.90. The number of rotatable bonds is 4. The lowest BCUT2D eigenvalue weighted by molar-refractivity contribution is -0.134. The van der Waals surface area contributed by atoms with Crippen molar-refractivity contribution in [2.24, 2.45) is 0 Å². The van der Waals surface area contributed by atoms with E-state index in [0.717, 1.165) is 36.6 Å². The molecule has 0 aromatic carbocycles. The van der Waals surface area contributed by atoms with Crippen LogP contribution in [0.1, 0.15) is 25.0 Å². The van der Waals surface area contributed by atoms with Gasteiger partial charge in [-0.15, -0.1) is 11.3 Å². The maximum atomic E-state index is 12.8. The van der Waals surface area contributed by atoms with Crippen molar-refractivity contribution in [2.75, 3.05) is 6.54 Å². The molecule has 1 amide bonds. The van der Waals surface area contributed by atoms with Crippen molar-refractivity contribution in [2.45, 2.75) is 38.3 Å². The fourth-order valence-electron chi connectivity index (χ4n) is 3.26. The van der Waals surface area contributed by atoms with Crippen molar-refractivity contribution in [1.82, 2.24) is 24.1 Å². The number of likely N-dealkylation sites (tertiary alicyclic amines) is 1. The Hall–Kier alpha value is -2.15. The molecule has 120 valence electrons. The van der Waals surface area contributed by atoms with Crippen LogP contribution in [-0.4, -0.2) is 42.6 Å². The average Bonchev–Trinajstić information content (AvgIpc) is 3.25. The minimum Gasteiger partial charge on any atom is -0.338 e. The van der Waals surface area contributed by atoms with E-state index in [0.29, 0.717) is 6.42 Å². The number of hydrogen-bond donors (Lipinski definition) is 0. The van der Waals surface area contributed by atoms with Gasteiger partial charge in [-0.25, -0.2) is 4.98 Å². The summed E-state index contributed by atoms with van der Waals surface area (Å²) >= 11 is 1.59. The van der Waals surface area contributed by atoms with E-state index in [1.54, 1.807) is 17.5 Å². The zero-order valence-corrected chi connectivity index (χ0v) is 13.7. The molecule has 0 spiro atoms. The minimum atomic E-state index is 0.174. The standard InChI is InChI=1S/C16H19N5OS/c22-15(10-13-11-19-8-9-23-16(19)18-13)21-7-2-1-4-14(21)12-20-6-3-5-17-20/h3,5-6,8-9,11,14H,1-2,4,7,10,12H2. The molecule has 23 heavy (non-hydrogen) atoms. The van der Waals surface area contributed by atoms with Gasteiger partial charge in [0.1, 0.15) is 0 Å². The number of carbonyl (C=O) groups excluding carboxylic acids is 1. The van der Waals surface area contributed by atoms with Gasteiger partial charge in [0.2, 0.25) is 5.91 Å². The first kappa shape index (κ1) is 14.4. The number of fused-ring (bicyclic) bond motifs is 1. The van der Waals surface area contributed by atoms with Crippen molar-refractivity contribution < 1.29 is 4.79 Å². The molecule has 7 heteroatoms. The quantitative estimate of drug-likeness (QED) is 0.737. The molecule has 3 aromatic rings. The molecule has 0 saturated carbocycles. The molecule has 0 radical (unpaired) electrons. The maximum absolute atomic E-state index is 12.8. The van der Waals surface area contributed by atoms with E-state index < -0.39 is 0 Å². The SMILES string of the molecule is O=C(Cc1cn2ccsc2n1)N1CCCCC1Cn1cccn1. The van der Waals surface area contributed by atoms with E-state index in [-0.39, 0.29) is 11.9 Å². The molecule has 0 bridgehead atoms. The van der Waals surface area contributed by atoms with Gasteiger partial charge in [0.25, 0.3) is 0 Å². The second kappa shape index (κ2) is 6.16. The fourth-order valence-corrected chi connectivity index (χ4v) is 3.98. The van der Waals surface area contributed by atoms with Crippen LogP contribution >= 0.6 is 11.3 Å². The zero-order chi connectivity index (χ0) is 15.6. The summed E-state index contributed by atoms with van der Waals surface area (Å²) in [5.74, 6) is 0.174. The van der Waals surface area contributed by atoms with Crippen molar-refractivity contribution in [3.63, 3.8) is 0 Å². The second-order valence-electron chi connectivity index (χ2n) is 5.97. The second-order valence-corrected chi connectivity index (χ2v) is 6.84. The highest BCUT2D eigenvalue weighted by Gasteiger charge is 2.27. The van der Waals surface area contributed by atoms with Gasteiger partial charge in [-0.1, -0.05) is 0 Å². The number of amides is 1. The molecule has 4 heterocycles. The topological polar surface area (TPSA) is 55.4 Å². The van der Waals surface area contributed by atoms with Crippen LogP contribution in [0.25, 0.3) is 4.96 Å². The first-order valence-corrected chi connectivity index (χ1v) is 8.85. The minimum absolute atomic E-state index is 0.174. The lowest BCUT2D eigenvalue weighted by atomic mass is 10.0. The van der Waals surface area contributed by atoms with Crippen LogP contribution in [0.2, 0.25) is 0 Å². The monoisotopic (exact) mass is 329 g/mol. The molecule has 0 aliphatic carbocycles. The number of nitrogens with zero attached hydrogens (tertiary/aromatic N) is 5. The smallest absolute Gasteiger partial charge is 0.228 e. The summed E-state index contributed by atoms with van der Waals surface area (Å²) in [7, 11) is 0. The van der Waals surface area contributed by atoms with Crippen LogP contribution in [0.3, 0.4) is 0 Å². The molecule has 6 nitrogen and oxygen atoms in total.